The highest BCUT2D eigenvalue weighted by Gasteiger charge is 2.36. The van der Waals surface area contributed by atoms with Gasteiger partial charge in [-0.3, -0.25) is 4.79 Å². The number of piperidine rings is 1. The van der Waals surface area contributed by atoms with Gasteiger partial charge in [0.2, 0.25) is 5.91 Å². The van der Waals surface area contributed by atoms with Crippen LogP contribution in [0.15, 0.2) is 30.3 Å². The van der Waals surface area contributed by atoms with Crippen LogP contribution >= 0.6 is 0 Å². The molecule has 5 nitrogen and oxygen atoms in total. The number of benzene rings is 1. The summed E-state index contributed by atoms with van der Waals surface area (Å²) in [6.07, 6.45) is 2.13. The van der Waals surface area contributed by atoms with Gasteiger partial charge in [-0.05, 0) is 37.4 Å². The number of hydrogen-bond donors (Lipinski definition) is 2. The van der Waals surface area contributed by atoms with E-state index < -0.39 is 11.4 Å². The minimum atomic E-state index is -1.13. The quantitative estimate of drug-likeness (QED) is 0.808. The standard InChI is InChI=1S/C16H25N3O2/c1-21-11-13-7-9-19(10-8-13)12-16(18,15(17)20)14-5-3-2-4-6-14/h2-6,13H,7-12,18H2,1H3,(H2,17,20). The van der Waals surface area contributed by atoms with E-state index in [0.717, 1.165) is 38.1 Å². The van der Waals surface area contributed by atoms with Crippen LogP contribution < -0.4 is 11.5 Å². The number of ether oxygens (including phenoxy) is 1. The van der Waals surface area contributed by atoms with E-state index in [4.69, 9.17) is 16.2 Å². The number of primary amides is 1. The molecule has 1 unspecified atom stereocenters. The third kappa shape index (κ3) is 3.81. The van der Waals surface area contributed by atoms with Crippen molar-refractivity contribution < 1.29 is 9.53 Å². The molecule has 4 N–H and O–H groups in total. The van der Waals surface area contributed by atoms with Crippen LogP contribution in [0.1, 0.15) is 18.4 Å². The maximum absolute atomic E-state index is 11.9. The minimum Gasteiger partial charge on any atom is -0.384 e. The van der Waals surface area contributed by atoms with E-state index in [1.54, 1.807) is 7.11 Å². The van der Waals surface area contributed by atoms with Crippen LogP contribution in [-0.4, -0.2) is 44.2 Å². The number of amides is 1. The first kappa shape index (κ1) is 15.9. The van der Waals surface area contributed by atoms with E-state index in [1.807, 2.05) is 30.3 Å². The Labute approximate surface area is 126 Å². The van der Waals surface area contributed by atoms with E-state index >= 15 is 0 Å². The first-order chi connectivity index (χ1) is 10.1. The molecule has 0 spiro atoms. The highest BCUT2D eigenvalue weighted by Crippen LogP contribution is 2.23. The van der Waals surface area contributed by atoms with Gasteiger partial charge in [0.05, 0.1) is 0 Å². The number of hydrogen-bond acceptors (Lipinski definition) is 4. The van der Waals surface area contributed by atoms with Gasteiger partial charge in [-0.2, -0.15) is 0 Å². The van der Waals surface area contributed by atoms with Crippen LogP contribution in [0, 0.1) is 5.92 Å². The zero-order valence-electron chi connectivity index (χ0n) is 12.6. The molecule has 1 aromatic carbocycles. The SMILES string of the molecule is COCC1CCN(CC(N)(C(N)=O)c2ccccc2)CC1. The summed E-state index contributed by atoms with van der Waals surface area (Å²) in [4.78, 5) is 14.1. The molecule has 1 aliphatic heterocycles. The van der Waals surface area contributed by atoms with Crippen molar-refractivity contribution in [3.8, 4) is 0 Å². The lowest BCUT2D eigenvalue weighted by Crippen LogP contribution is -2.57. The summed E-state index contributed by atoms with van der Waals surface area (Å²) in [7, 11) is 1.74. The number of carbonyl (C=O) groups excluding carboxylic acids is 1. The number of carbonyl (C=O) groups is 1. The third-order valence-electron chi connectivity index (χ3n) is 4.31. The topological polar surface area (TPSA) is 81.6 Å². The Bertz CT molecular complexity index is 458. The predicted molar refractivity (Wildman–Crippen MR) is 82.5 cm³/mol. The molecule has 1 aromatic rings. The lowest BCUT2D eigenvalue weighted by Gasteiger charge is -2.37. The average molecular weight is 291 g/mol. The number of methoxy groups -OCH3 is 1. The molecule has 0 radical (unpaired) electrons. The molecule has 1 atom stereocenters. The molecule has 1 heterocycles. The summed E-state index contributed by atoms with van der Waals surface area (Å²) >= 11 is 0. The van der Waals surface area contributed by atoms with Crippen molar-refractivity contribution in [3.05, 3.63) is 35.9 Å². The van der Waals surface area contributed by atoms with E-state index in [9.17, 15) is 4.79 Å². The Kier molecular flexibility index (Phi) is 5.33. The summed E-state index contributed by atoms with van der Waals surface area (Å²) in [6.45, 7) is 3.11. The highest BCUT2D eigenvalue weighted by atomic mass is 16.5. The van der Waals surface area contributed by atoms with Crippen molar-refractivity contribution in [2.75, 3.05) is 33.4 Å². The van der Waals surface area contributed by atoms with Gasteiger partial charge >= 0.3 is 0 Å². The van der Waals surface area contributed by atoms with Gasteiger partial charge in [0, 0.05) is 20.3 Å². The molecule has 1 fully saturated rings. The largest absolute Gasteiger partial charge is 0.384 e. The minimum absolute atomic E-state index is 0.464. The Morgan fingerprint density at radius 1 is 1.33 bits per heavy atom. The fourth-order valence-corrected chi connectivity index (χ4v) is 2.95. The molecule has 2 rings (SSSR count). The number of nitrogens with zero attached hydrogens (tertiary/aromatic N) is 1. The maximum Gasteiger partial charge on any atom is 0.243 e. The molecular weight excluding hydrogens is 266 g/mol. The molecule has 5 heteroatoms. The van der Waals surface area contributed by atoms with Crippen LogP contribution in [0.3, 0.4) is 0 Å². The first-order valence-corrected chi connectivity index (χ1v) is 7.42. The molecule has 0 aromatic heterocycles. The Morgan fingerprint density at radius 2 is 1.95 bits per heavy atom. The number of likely N-dealkylation sites (tertiary alicyclic amines) is 1. The van der Waals surface area contributed by atoms with Gasteiger partial charge in [-0.15, -0.1) is 0 Å². The predicted octanol–water partition coefficient (Wildman–Crippen LogP) is 0.684. The van der Waals surface area contributed by atoms with Crippen LogP contribution in [0.25, 0.3) is 0 Å². The summed E-state index contributed by atoms with van der Waals surface area (Å²) < 4.78 is 5.21. The highest BCUT2D eigenvalue weighted by molar-refractivity contribution is 5.86. The lowest BCUT2D eigenvalue weighted by molar-refractivity contribution is -0.124. The van der Waals surface area contributed by atoms with Crippen molar-refractivity contribution in [3.63, 3.8) is 0 Å². The summed E-state index contributed by atoms with van der Waals surface area (Å²) in [5, 5.41) is 0. The second-order valence-corrected chi connectivity index (χ2v) is 5.88. The van der Waals surface area contributed by atoms with Gasteiger partial charge in [-0.1, -0.05) is 30.3 Å². The molecule has 1 amide bonds. The third-order valence-corrected chi connectivity index (χ3v) is 4.31. The molecule has 116 valence electrons. The van der Waals surface area contributed by atoms with Crippen LogP contribution in [0.4, 0.5) is 0 Å². The van der Waals surface area contributed by atoms with E-state index in [1.165, 1.54) is 0 Å². The second-order valence-electron chi connectivity index (χ2n) is 5.88. The average Bonchev–Trinajstić information content (AvgIpc) is 2.50. The molecule has 1 aliphatic rings. The van der Waals surface area contributed by atoms with Crippen LogP contribution in [0.2, 0.25) is 0 Å². The zero-order chi connectivity index (χ0) is 15.3. The lowest BCUT2D eigenvalue weighted by atomic mass is 9.88. The van der Waals surface area contributed by atoms with Gasteiger partial charge in [-0.25, -0.2) is 0 Å². The summed E-state index contributed by atoms with van der Waals surface area (Å²) in [6, 6.07) is 9.39. The van der Waals surface area contributed by atoms with Crippen molar-refractivity contribution in [1.82, 2.24) is 4.90 Å². The molecule has 0 saturated carbocycles. The molecule has 21 heavy (non-hydrogen) atoms. The number of rotatable bonds is 6. The molecule has 0 aliphatic carbocycles. The van der Waals surface area contributed by atoms with Gasteiger partial charge in [0.1, 0.15) is 5.54 Å². The second kappa shape index (κ2) is 7.02. The van der Waals surface area contributed by atoms with Crippen molar-refractivity contribution in [1.29, 1.82) is 0 Å². The summed E-state index contributed by atoms with van der Waals surface area (Å²) in [5.41, 5.74) is 11.6. The van der Waals surface area contributed by atoms with Crippen LogP contribution in [0.5, 0.6) is 0 Å². The Morgan fingerprint density at radius 3 is 2.48 bits per heavy atom. The Balaban J connectivity index is 2.03. The van der Waals surface area contributed by atoms with E-state index in [0.29, 0.717) is 12.5 Å². The fraction of sp³-hybridized carbons (Fsp3) is 0.562. The van der Waals surface area contributed by atoms with Crippen molar-refractivity contribution in [2.24, 2.45) is 17.4 Å². The smallest absolute Gasteiger partial charge is 0.243 e. The van der Waals surface area contributed by atoms with Gasteiger partial charge < -0.3 is 21.1 Å². The molecular formula is C16H25N3O2. The van der Waals surface area contributed by atoms with E-state index in [2.05, 4.69) is 4.90 Å². The van der Waals surface area contributed by atoms with E-state index in [-0.39, 0.29) is 0 Å². The van der Waals surface area contributed by atoms with Crippen molar-refractivity contribution >= 4 is 5.91 Å². The Hall–Kier alpha value is -1.43. The van der Waals surface area contributed by atoms with Crippen molar-refractivity contribution in [2.45, 2.75) is 18.4 Å². The molecule has 0 bridgehead atoms. The maximum atomic E-state index is 11.9. The molecule has 1 saturated heterocycles. The zero-order valence-corrected chi connectivity index (χ0v) is 12.6. The fourth-order valence-electron chi connectivity index (χ4n) is 2.95. The normalized spacial score (nSPS) is 20.1. The number of nitrogens with two attached hydrogens (primary N) is 2. The summed E-state index contributed by atoms with van der Waals surface area (Å²) in [5.74, 6) is 0.122. The van der Waals surface area contributed by atoms with Gasteiger partial charge in [0.15, 0.2) is 0 Å². The van der Waals surface area contributed by atoms with Crippen LogP contribution in [-0.2, 0) is 15.1 Å². The van der Waals surface area contributed by atoms with Gasteiger partial charge in [0.25, 0.3) is 0 Å². The monoisotopic (exact) mass is 291 g/mol. The first-order valence-electron chi connectivity index (χ1n) is 7.42.